The summed E-state index contributed by atoms with van der Waals surface area (Å²) >= 11 is 5.31. The maximum atomic E-state index is 11.8. The quantitative estimate of drug-likeness (QED) is 0.573. The molecule has 76 valence electrons. The van der Waals surface area contributed by atoms with E-state index in [2.05, 4.69) is 9.72 Å². The van der Waals surface area contributed by atoms with Gasteiger partial charge < -0.3 is 4.74 Å². The molecule has 0 aliphatic heterocycles. The molecular formula is C7H3ClF3NO2. The highest BCUT2D eigenvalue weighted by Crippen LogP contribution is 2.28. The molecule has 0 aliphatic rings. The molecule has 0 atom stereocenters. The summed E-state index contributed by atoms with van der Waals surface area (Å²) < 4.78 is 38.8. The van der Waals surface area contributed by atoms with Gasteiger partial charge in [-0.3, -0.25) is 4.79 Å². The molecule has 0 bridgehead atoms. The van der Waals surface area contributed by atoms with E-state index in [1.54, 1.807) is 0 Å². The van der Waals surface area contributed by atoms with Gasteiger partial charge in [0.1, 0.15) is 0 Å². The number of aldehydes is 1. The van der Waals surface area contributed by atoms with Gasteiger partial charge in [0.2, 0.25) is 0 Å². The van der Waals surface area contributed by atoms with E-state index in [1.165, 1.54) is 0 Å². The average Bonchev–Trinajstić information content (AvgIpc) is 2.06. The monoisotopic (exact) mass is 225 g/mol. The second-order valence-electron chi connectivity index (χ2n) is 2.22. The molecule has 0 aromatic carbocycles. The average molecular weight is 226 g/mol. The van der Waals surface area contributed by atoms with Crippen molar-refractivity contribution in [1.82, 2.24) is 4.98 Å². The van der Waals surface area contributed by atoms with Crippen LogP contribution in [0.3, 0.4) is 0 Å². The maximum absolute atomic E-state index is 11.8. The first kappa shape index (κ1) is 10.8. The van der Waals surface area contributed by atoms with Crippen molar-refractivity contribution in [1.29, 1.82) is 0 Å². The van der Waals surface area contributed by atoms with Crippen LogP contribution >= 0.6 is 11.6 Å². The molecule has 1 heterocycles. The molecule has 14 heavy (non-hydrogen) atoms. The number of hydrogen-bond acceptors (Lipinski definition) is 3. The van der Waals surface area contributed by atoms with Crippen molar-refractivity contribution < 1.29 is 22.7 Å². The van der Waals surface area contributed by atoms with Crippen molar-refractivity contribution >= 4 is 17.9 Å². The summed E-state index contributed by atoms with van der Waals surface area (Å²) in [5.74, 6) is -0.691. The van der Waals surface area contributed by atoms with E-state index in [1.807, 2.05) is 0 Å². The normalized spacial score (nSPS) is 11.1. The van der Waals surface area contributed by atoms with Gasteiger partial charge in [-0.05, 0) is 6.07 Å². The van der Waals surface area contributed by atoms with Crippen LogP contribution in [-0.4, -0.2) is 17.6 Å². The Morgan fingerprint density at radius 2 is 2.14 bits per heavy atom. The van der Waals surface area contributed by atoms with E-state index >= 15 is 0 Å². The number of ether oxygens (including phenoxy) is 1. The van der Waals surface area contributed by atoms with E-state index < -0.39 is 17.3 Å². The molecule has 0 spiro atoms. The van der Waals surface area contributed by atoms with Gasteiger partial charge in [0, 0.05) is 11.8 Å². The highest BCUT2D eigenvalue weighted by atomic mass is 35.5. The maximum Gasteiger partial charge on any atom is 0.573 e. The molecule has 0 saturated heterocycles. The minimum atomic E-state index is -4.85. The summed E-state index contributed by atoms with van der Waals surface area (Å²) in [6, 6.07) is 0.857. The van der Waals surface area contributed by atoms with Gasteiger partial charge in [0.15, 0.2) is 17.2 Å². The van der Waals surface area contributed by atoms with Gasteiger partial charge >= 0.3 is 6.36 Å². The lowest BCUT2D eigenvalue weighted by Crippen LogP contribution is -2.17. The Hall–Kier alpha value is -1.30. The van der Waals surface area contributed by atoms with Gasteiger partial charge in [0.25, 0.3) is 0 Å². The molecule has 7 heteroatoms. The number of halogens is 4. The van der Waals surface area contributed by atoms with Gasteiger partial charge in [0.05, 0.1) is 0 Å². The lowest BCUT2D eigenvalue weighted by molar-refractivity contribution is -0.274. The summed E-state index contributed by atoms with van der Waals surface area (Å²) in [4.78, 5) is 13.6. The van der Waals surface area contributed by atoms with Crippen LogP contribution in [-0.2, 0) is 0 Å². The third kappa shape index (κ3) is 2.88. The highest BCUT2D eigenvalue weighted by Gasteiger charge is 2.32. The van der Waals surface area contributed by atoms with Crippen LogP contribution in [0.1, 0.15) is 10.4 Å². The number of hydrogen-bond donors (Lipinski definition) is 0. The van der Waals surface area contributed by atoms with Crippen LogP contribution in [0.4, 0.5) is 13.2 Å². The van der Waals surface area contributed by atoms with Crippen molar-refractivity contribution in [2.45, 2.75) is 6.36 Å². The first-order valence-electron chi connectivity index (χ1n) is 3.29. The zero-order valence-corrected chi connectivity index (χ0v) is 7.26. The number of nitrogens with zero attached hydrogens (tertiary/aromatic N) is 1. The Morgan fingerprint density at radius 1 is 1.50 bits per heavy atom. The molecule has 0 saturated carbocycles. The molecule has 0 fully saturated rings. The summed E-state index contributed by atoms with van der Waals surface area (Å²) in [5, 5.41) is -0.451. The number of carbonyl (C=O) groups excluding carboxylic acids is 1. The van der Waals surface area contributed by atoms with Crippen molar-refractivity contribution in [3.63, 3.8) is 0 Å². The molecule has 0 amide bonds. The predicted octanol–water partition coefficient (Wildman–Crippen LogP) is 2.45. The molecule has 0 radical (unpaired) electrons. The van der Waals surface area contributed by atoms with Crippen LogP contribution in [0.2, 0.25) is 5.15 Å². The Labute approximate surface area is 81.5 Å². The van der Waals surface area contributed by atoms with E-state index in [0.29, 0.717) is 6.29 Å². The van der Waals surface area contributed by atoms with Crippen LogP contribution < -0.4 is 4.74 Å². The van der Waals surface area contributed by atoms with Gasteiger partial charge in [-0.1, -0.05) is 11.6 Å². The Kier molecular flexibility index (Phi) is 2.95. The van der Waals surface area contributed by atoms with Gasteiger partial charge in [-0.2, -0.15) is 0 Å². The highest BCUT2D eigenvalue weighted by molar-refractivity contribution is 6.30. The van der Waals surface area contributed by atoms with Crippen LogP contribution in [0, 0.1) is 0 Å². The molecule has 1 aromatic heterocycles. The van der Waals surface area contributed by atoms with Gasteiger partial charge in [-0.25, -0.2) is 4.98 Å². The van der Waals surface area contributed by atoms with E-state index in [0.717, 1.165) is 12.3 Å². The summed E-state index contributed by atoms with van der Waals surface area (Å²) in [6.45, 7) is 0. The lowest BCUT2D eigenvalue weighted by atomic mass is 10.3. The Morgan fingerprint density at radius 3 is 2.64 bits per heavy atom. The first-order valence-corrected chi connectivity index (χ1v) is 3.66. The van der Waals surface area contributed by atoms with E-state index in [4.69, 9.17) is 11.6 Å². The third-order valence-electron chi connectivity index (χ3n) is 1.19. The smallest absolute Gasteiger partial charge is 0.402 e. The molecule has 1 rings (SSSR count). The zero-order valence-electron chi connectivity index (χ0n) is 6.51. The van der Waals surface area contributed by atoms with E-state index in [-0.39, 0.29) is 5.56 Å². The number of aromatic nitrogens is 1. The van der Waals surface area contributed by atoms with Crippen LogP contribution in [0.25, 0.3) is 0 Å². The summed E-state index contributed by atoms with van der Waals surface area (Å²) in [6.07, 6.45) is -3.47. The molecular weight excluding hydrogens is 223 g/mol. The van der Waals surface area contributed by atoms with Gasteiger partial charge in [-0.15, -0.1) is 13.2 Å². The zero-order chi connectivity index (χ0) is 10.8. The van der Waals surface area contributed by atoms with Crippen molar-refractivity contribution in [3.05, 3.63) is 23.0 Å². The fraction of sp³-hybridized carbons (Fsp3) is 0.143. The molecule has 0 unspecified atom stereocenters. The van der Waals surface area contributed by atoms with Crippen LogP contribution in [0.15, 0.2) is 12.3 Å². The fourth-order valence-electron chi connectivity index (χ4n) is 0.704. The SMILES string of the molecule is O=Cc1cnc(Cl)c(OC(F)(F)F)c1. The predicted molar refractivity (Wildman–Crippen MR) is 41.3 cm³/mol. The van der Waals surface area contributed by atoms with Crippen molar-refractivity contribution in [3.8, 4) is 5.75 Å². The van der Waals surface area contributed by atoms with Crippen molar-refractivity contribution in [2.75, 3.05) is 0 Å². The van der Waals surface area contributed by atoms with E-state index in [9.17, 15) is 18.0 Å². The second-order valence-corrected chi connectivity index (χ2v) is 2.58. The standard InChI is InChI=1S/C7H3ClF3NO2/c8-6-5(14-7(9,10)11)1-4(3-13)2-12-6/h1-3H. The topological polar surface area (TPSA) is 39.2 Å². The lowest BCUT2D eigenvalue weighted by Gasteiger charge is -2.09. The van der Waals surface area contributed by atoms with Crippen LogP contribution in [0.5, 0.6) is 5.75 Å². The Balaban J connectivity index is 3.01. The molecule has 1 aromatic rings. The third-order valence-corrected chi connectivity index (χ3v) is 1.47. The number of carbonyl (C=O) groups is 1. The number of alkyl halides is 3. The largest absolute Gasteiger partial charge is 0.573 e. The second kappa shape index (κ2) is 3.83. The minimum absolute atomic E-state index is 0.0475. The first-order chi connectivity index (χ1) is 6.42. The molecule has 3 nitrogen and oxygen atoms in total. The molecule has 0 N–H and O–H groups in total. The summed E-state index contributed by atoms with van der Waals surface area (Å²) in [7, 11) is 0. The number of pyridine rings is 1. The molecule has 0 aliphatic carbocycles. The van der Waals surface area contributed by atoms with Crippen molar-refractivity contribution in [2.24, 2.45) is 0 Å². The number of rotatable bonds is 2. The summed E-state index contributed by atoms with van der Waals surface area (Å²) in [5.41, 5.74) is -0.0475. The minimum Gasteiger partial charge on any atom is -0.402 e. The fourth-order valence-corrected chi connectivity index (χ4v) is 0.846. The Bertz CT molecular complexity index is 353.